The van der Waals surface area contributed by atoms with Gasteiger partial charge in [0.2, 0.25) is 5.91 Å². The van der Waals surface area contributed by atoms with Gasteiger partial charge in [0.05, 0.1) is 30.8 Å². The molecule has 2 aromatic rings. The molecule has 0 spiro atoms. The Morgan fingerprint density at radius 2 is 1.89 bits per heavy atom. The lowest BCUT2D eigenvalue weighted by Crippen LogP contribution is -2.39. The van der Waals surface area contributed by atoms with Crippen LogP contribution < -0.4 is 5.32 Å². The predicted molar refractivity (Wildman–Crippen MR) is 101 cm³/mol. The summed E-state index contributed by atoms with van der Waals surface area (Å²) < 4.78 is 18.2. The second kappa shape index (κ2) is 10.4. The molecule has 1 N–H and O–H groups in total. The second-order valence-electron chi connectivity index (χ2n) is 6.35. The van der Waals surface area contributed by atoms with Crippen molar-refractivity contribution < 1.29 is 13.9 Å². The number of carbonyl (C=O) groups is 1. The highest BCUT2D eigenvalue weighted by atomic mass is 19.1. The van der Waals surface area contributed by atoms with Crippen LogP contribution in [0.25, 0.3) is 0 Å². The summed E-state index contributed by atoms with van der Waals surface area (Å²) in [5, 5.41) is 11.8. The molecule has 0 aliphatic carbocycles. The van der Waals surface area contributed by atoms with Crippen LogP contribution in [0.4, 0.5) is 4.39 Å². The van der Waals surface area contributed by atoms with Gasteiger partial charge in [0.1, 0.15) is 5.82 Å². The first-order chi connectivity index (χ1) is 13.0. The second-order valence-corrected chi connectivity index (χ2v) is 6.35. The molecule has 0 saturated heterocycles. The fraction of sp³-hybridized carbons (Fsp3) is 0.333. The Bertz CT molecular complexity index is 770. The topological polar surface area (TPSA) is 65.4 Å². The van der Waals surface area contributed by atoms with Crippen molar-refractivity contribution in [2.75, 3.05) is 26.8 Å². The van der Waals surface area contributed by atoms with E-state index in [0.717, 1.165) is 11.1 Å². The molecule has 0 aliphatic heterocycles. The molecular weight excluding hydrogens is 345 g/mol. The summed E-state index contributed by atoms with van der Waals surface area (Å²) in [6.07, 6.45) is 0. The zero-order valence-corrected chi connectivity index (χ0v) is 15.6. The lowest BCUT2D eigenvalue weighted by Gasteiger charge is -2.23. The molecule has 1 amide bonds. The number of nitrogens with one attached hydrogen (secondary N) is 1. The van der Waals surface area contributed by atoms with E-state index in [4.69, 9.17) is 10.00 Å². The van der Waals surface area contributed by atoms with Crippen molar-refractivity contribution in [2.24, 2.45) is 0 Å². The van der Waals surface area contributed by atoms with Crippen LogP contribution in [0.3, 0.4) is 0 Å². The van der Waals surface area contributed by atoms with E-state index in [1.165, 1.54) is 12.1 Å². The summed E-state index contributed by atoms with van der Waals surface area (Å²) in [4.78, 5) is 14.4. The number of amides is 1. The Morgan fingerprint density at radius 1 is 1.22 bits per heavy atom. The van der Waals surface area contributed by atoms with Crippen LogP contribution in [0.1, 0.15) is 29.7 Å². The van der Waals surface area contributed by atoms with Crippen LogP contribution in [0.15, 0.2) is 48.5 Å². The van der Waals surface area contributed by atoms with Gasteiger partial charge in [-0.15, -0.1) is 0 Å². The summed E-state index contributed by atoms with van der Waals surface area (Å²) in [6, 6.07) is 15.3. The standard InChI is InChI=1S/C21H24FN3O2/c1-16(19-7-9-20(22)10-8-19)24-21(26)15-25(11-12-27-2)14-18-5-3-17(13-23)4-6-18/h3-10,16H,11-12,14-15H2,1-2H3,(H,24,26). The molecule has 0 heterocycles. The van der Waals surface area contributed by atoms with E-state index in [2.05, 4.69) is 11.4 Å². The summed E-state index contributed by atoms with van der Waals surface area (Å²) in [5.74, 6) is -0.415. The van der Waals surface area contributed by atoms with Crippen molar-refractivity contribution >= 4 is 5.91 Å². The highest BCUT2D eigenvalue weighted by Gasteiger charge is 2.14. The Kier molecular flexibility index (Phi) is 7.93. The van der Waals surface area contributed by atoms with Crippen molar-refractivity contribution in [3.8, 4) is 6.07 Å². The third-order valence-corrected chi connectivity index (χ3v) is 4.22. The summed E-state index contributed by atoms with van der Waals surface area (Å²) >= 11 is 0. The zero-order valence-electron chi connectivity index (χ0n) is 15.6. The smallest absolute Gasteiger partial charge is 0.234 e. The highest BCUT2D eigenvalue weighted by molar-refractivity contribution is 5.78. The van der Waals surface area contributed by atoms with Crippen LogP contribution in [0.5, 0.6) is 0 Å². The third kappa shape index (κ3) is 6.81. The number of rotatable bonds is 9. The number of hydrogen-bond acceptors (Lipinski definition) is 4. The van der Waals surface area contributed by atoms with Crippen molar-refractivity contribution in [1.29, 1.82) is 5.26 Å². The average molecular weight is 369 g/mol. The van der Waals surface area contributed by atoms with Crippen LogP contribution in [-0.4, -0.2) is 37.6 Å². The van der Waals surface area contributed by atoms with Gasteiger partial charge in [0, 0.05) is 20.2 Å². The number of nitriles is 1. The first-order valence-corrected chi connectivity index (χ1v) is 8.77. The van der Waals surface area contributed by atoms with E-state index >= 15 is 0 Å². The van der Waals surface area contributed by atoms with Crippen molar-refractivity contribution in [1.82, 2.24) is 10.2 Å². The Labute approximate surface area is 159 Å². The van der Waals surface area contributed by atoms with E-state index < -0.39 is 0 Å². The summed E-state index contributed by atoms with van der Waals surface area (Å²) in [7, 11) is 1.62. The van der Waals surface area contributed by atoms with Gasteiger partial charge < -0.3 is 10.1 Å². The lowest BCUT2D eigenvalue weighted by molar-refractivity contribution is -0.123. The van der Waals surface area contributed by atoms with Crippen LogP contribution in [-0.2, 0) is 16.1 Å². The minimum atomic E-state index is -0.301. The number of hydrogen-bond donors (Lipinski definition) is 1. The fourth-order valence-corrected chi connectivity index (χ4v) is 2.70. The lowest BCUT2D eigenvalue weighted by atomic mass is 10.1. The summed E-state index contributed by atoms with van der Waals surface area (Å²) in [5.41, 5.74) is 2.47. The quantitative estimate of drug-likeness (QED) is 0.738. The number of methoxy groups -OCH3 is 1. The van der Waals surface area contributed by atoms with E-state index in [1.54, 1.807) is 31.4 Å². The number of carbonyl (C=O) groups excluding carboxylic acids is 1. The fourth-order valence-electron chi connectivity index (χ4n) is 2.70. The SMILES string of the molecule is COCCN(CC(=O)NC(C)c1ccc(F)cc1)Cc1ccc(C#N)cc1. The maximum Gasteiger partial charge on any atom is 0.234 e. The molecule has 142 valence electrons. The van der Waals surface area contributed by atoms with Crippen molar-refractivity contribution in [2.45, 2.75) is 19.5 Å². The number of halogens is 1. The van der Waals surface area contributed by atoms with Gasteiger partial charge in [0.15, 0.2) is 0 Å². The predicted octanol–water partition coefficient (Wildman–Crippen LogP) is 3.02. The minimum absolute atomic E-state index is 0.114. The van der Waals surface area contributed by atoms with E-state index in [-0.39, 0.29) is 24.3 Å². The molecule has 2 rings (SSSR count). The van der Waals surface area contributed by atoms with Gasteiger partial charge >= 0.3 is 0 Å². The maximum absolute atomic E-state index is 13.0. The van der Waals surface area contributed by atoms with Crippen molar-refractivity contribution in [3.05, 3.63) is 71.0 Å². The van der Waals surface area contributed by atoms with Crippen molar-refractivity contribution in [3.63, 3.8) is 0 Å². The van der Waals surface area contributed by atoms with Crippen LogP contribution in [0, 0.1) is 17.1 Å². The van der Waals surface area contributed by atoms with Gasteiger partial charge in [-0.2, -0.15) is 5.26 Å². The number of benzene rings is 2. The normalized spacial score (nSPS) is 11.8. The van der Waals surface area contributed by atoms with Gasteiger partial charge in [-0.1, -0.05) is 24.3 Å². The minimum Gasteiger partial charge on any atom is -0.383 e. The first kappa shape index (κ1) is 20.6. The molecule has 0 fully saturated rings. The van der Waals surface area contributed by atoms with Gasteiger partial charge in [-0.05, 0) is 42.3 Å². The number of nitrogens with zero attached hydrogens (tertiary/aromatic N) is 2. The van der Waals surface area contributed by atoms with Crippen LogP contribution >= 0.6 is 0 Å². The van der Waals surface area contributed by atoms with E-state index in [9.17, 15) is 9.18 Å². The van der Waals surface area contributed by atoms with Gasteiger partial charge in [-0.3, -0.25) is 9.69 Å². The maximum atomic E-state index is 13.0. The van der Waals surface area contributed by atoms with E-state index in [1.807, 2.05) is 24.0 Å². The largest absolute Gasteiger partial charge is 0.383 e. The van der Waals surface area contributed by atoms with E-state index in [0.29, 0.717) is 25.3 Å². The van der Waals surface area contributed by atoms with Gasteiger partial charge in [-0.25, -0.2) is 4.39 Å². The average Bonchev–Trinajstić information content (AvgIpc) is 2.67. The Hall–Kier alpha value is -2.75. The number of ether oxygens (including phenoxy) is 1. The molecule has 0 radical (unpaired) electrons. The molecule has 6 heteroatoms. The molecule has 0 aromatic heterocycles. The Morgan fingerprint density at radius 3 is 2.48 bits per heavy atom. The molecule has 0 bridgehead atoms. The molecule has 27 heavy (non-hydrogen) atoms. The van der Waals surface area contributed by atoms with Crippen LogP contribution in [0.2, 0.25) is 0 Å². The Balaban J connectivity index is 1.95. The molecule has 2 aromatic carbocycles. The third-order valence-electron chi connectivity index (χ3n) is 4.22. The first-order valence-electron chi connectivity index (χ1n) is 8.77. The van der Waals surface area contributed by atoms with Gasteiger partial charge in [0.25, 0.3) is 0 Å². The molecule has 5 nitrogen and oxygen atoms in total. The monoisotopic (exact) mass is 369 g/mol. The molecular formula is C21H24FN3O2. The summed E-state index contributed by atoms with van der Waals surface area (Å²) in [6.45, 7) is 3.78. The highest BCUT2D eigenvalue weighted by Crippen LogP contribution is 2.13. The molecule has 0 saturated carbocycles. The molecule has 1 unspecified atom stereocenters. The molecule has 1 atom stereocenters. The zero-order chi connectivity index (χ0) is 19.6. The molecule has 0 aliphatic rings.